The van der Waals surface area contributed by atoms with Crippen LogP contribution in [0.3, 0.4) is 0 Å². The Morgan fingerprint density at radius 2 is 1.68 bits per heavy atom. The number of hydrogen-bond acceptors (Lipinski definition) is 5. The van der Waals surface area contributed by atoms with Gasteiger partial charge in [-0.15, -0.1) is 0 Å². The third-order valence-corrected chi connectivity index (χ3v) is 6.83. The number of aliphatic imine (C=N–C) groups is 1. The molecular weight excluding hydrogens is 500 g/mol. The number of ether oxygens (including phenoxy) is 1. The summed E-state index contributed by atoms with van der Waals surface area (Å²) in [7, 11) is 0. The van der Waals surface area contributed by atoms with Crippen LogP contribution in [0, 0.1) is 18.4 Å². The quantitative estimate of drug-likeness (QED) is 0.126. The molecule has 1 unspecified atom stereocenters. The summed E-state index contributed by atoms with van der Waals surface area (Å²) in [6.45, 7) is 5.83. The average molecular weight is 539 g/mol. The normalized spacial score (nSPS) is 14.2. The molecular formula is C32H38N6O2. The molecule has 1 fully saturated rings. The molecule has 208 valence electrons. The fraction of sp³-hybridized carbons (Fsp3) is 0.344. The van der Waals surface area contributed by atoms with Crippen molar-refractivity contribution in [3.63, 3.8) is 0 Å². The van der Waals surface area contributed by atoms with Crippen molar-refractivity contribution < 1.29 is 9.53 Å². The van der Waals surface area contributed by atoms with Crippen LogP contribution in [-0.4, -0.2) is 49.0 Å². The van der Waals surface area contributed by atoms with Crippen LogP contribution in [0.2, 0.25) is 0 Å². The number of amides is 1. The van der Waals surface area contributed by atoms with E-state index in [1.54, 1.807) is 0 Å². The van der Waals surface area contributed by atoms with Crippen LogP contribution in [0.4, 0.5) is 5.69 Å². The molecule has 0 saturated carbocycles. The van der Waals surface area contributed by atoms with Gasteiger partial charge in [0.1, 0.15) is 11.5 Å². The van der Waals surface area contributed by atoms with Crippen LogP contribution in [0.1, 0.15) is 36.8 Å². The Morgan fingerprint density at radius 1 is 1.00 bits per heavy atom. The number of carbonyl (C=O) groups is 1. The van der Waals surface area contributed by atoms with Gasteiger partial charge in [-0.1, -0.05) is 48.0 Å². The van der Waals surface area contributed by atoms with Crippen LogP contribution >= 0.6 is 0 Å². The SMILES string of the molecule is Cc1ccc(Oc2ccc(NC(=NC(CCC(=O)NCCN3CCCC3)Cc3ccccc3)NC#N)cc2)cc1. The van der Waals surface area contributed by atoms with Crippen molar-refractivity contribution in [1.29, 1.82) is 5.26 Å². The Hall–Kier alpha value is -4.35. The molecule has 8 heteroatoms. The maximum absolute atomic E-state index is 12.6. The zero-order valence-electron chi connectivity index (χ0n) is 23.1. The Labute approximate surface area is 237 Å². The van der Waals surface area contributed by atoms with E-state index in [4.69, 9.17) is 9.73 Å². The lowest BCUT2D eigenvalue weighted by Gasteiger charge is -2.17. The Balaban J connectivity index is 1.38. The predicted octanol–water partition coefficient (Wildman–Crippen LogP) is 5.23. The van der Waals surface area contributed by atoms with Crippen molar-refractivity contribution in [2.75, 3.05) is 31.5 Å². The van der Waals surface area contributed by atoms with E-state index in [-0.39, 0.29) is 11.9 Å². The highest BCUT2D eigenvalue weighted by molar-refractivity contribution is 5.94. The van der Waals surface area contributed by atoms with Gasteiger partial charge in [0.2, 0.25) is 11.9 Å². The molecule has 3 N–H and O–H groups in total. The third kappa shape index (κ3) is 9.75. The van der Waals surface area contributed by atoms with Gasteiger partial charge >= 0.3 is 0 Å². The number of likely N-dealkylation sites (tertiary alicyclic amines) is 1. The van der Waals surface area contributed by atoms with Gasteiger partial charge in [-0.3, -0.25) is 10.1 Å². The van der Waals surface area contributed by atoms with E-state index in [2.05, 4.69) is 33.0 Å². The maximum Gasteiger partial charge on any atom is 0.220 e. The molecule has 0 aromatic heterocycles. The van der Waals surface area contributed by atoms with E-state index in [9.17, 15) is 10.1 Å². The summed E-state index contributed by atoms with van der Waals surface area (Å²) in [6, 6.07) is 25.2. The standard InChI is InChI=1S/C32H38N6O2/c1-25-9-14-29(15-10-25)40-30-16-11-27(12-17-30)36-32(35-24-33)37-28(23-26-7-3-2-4-8-26)13-18-31(39)34-19-22-38-20-5-6-21-38/h2-4,7-12,14-17,28H,5-6,13,18-23H2,1H3,(H,34,39)(H2,35,36,37). The molecule has 3 aromatic rings. The minimum absolute atomic E-state index is 0.0272. The molecule has 4 rings (SSSR count). The smallest absolute Gasteiger partial charge is 0.220 e. The monoisotopic (exact) mass is 538 g/mol. The van der Waals surface area contributed by atoms with Gasteiger partial charge in [0.05, 0.1) is 6.04 Å². The first-order valence-electron chi connectivity index (χ1n) is 13.9. The van der Waals surface area contributed by atoms with E-state index in [1.807, 2.05) is 79.8 Å². The summed E-state index contributed by atoms with van der Waals surface area (Å²) in [4.78, 5) is 19.8. The summed E-state index contributed by atoms with van der Waals surface area (Å²) < 4.78 is 5.92. The van der Waals surface area contributed by atoms with E-state index in [0.29, 0.717) is 37.5 Å². The van der Waals surface area contributed by atoms with Gasteiger partial charge in [0.15, 0.2) is 6.19 Å². The van der Waals surface area contributed by atoms with Crippen LogP contribution in [0.25, 0.3) is 0 Å². The molecule has 1 atom stereocenters. The van der Waals surface area contributed by atoms with Gasteiger partial charge in [0.25, 0.3) is 0 Å². The number of nitrogens with zero attached hydrogens (tertiary/aromatic N) is 3. The number of nitriles is 1. The van der Waals surface area contributed by atoms with E-state index in [1.165, 1.54) is 18.4 Å². The zero-order valence-corrected chi connectivity index (χ0v) is 23.1. The van der Waals surface area contributed by atoms with E-state index < -0.39 is 0 Å². The zero-order chi connectivity index (χ0) is 28.0. The number of anilines is 1. The molecule has 1 amide bonds. The number of nitrogens with one attached hydrogen (secondary N) is 3. The highest BCUT2D eigenvalue weighted by atomic mass is 16.5. The lowest BCUT2D eigenvalue weighted by molar-refractivity contribution is -0.121. The topological polar surface area (TPSA) is 102 Å². The van der Waals surface area contributed by atoms with Crippen molar-refractivity contribution in [1.82, 2.24) is 15.5 Å². The third-order valence-electron chi connectivity index (χ3n) is 6.83. The maximum atomic E-state index is 12.6. The van der Waals surface area contributed by atoms with Crippen molar-refractivity contribution >= 4 is 17.6 Å². The highest BCUT2D eigenvalue weighted by Gasteiger charge is 2.15. The second kappa shape index (κ2) is 15.3. The number of aryl methyl sites for hydroxylation is 1. The van der Waals surface area contributed by atoms with Crippen molar-refractivity contribution in [2.24, 2.45) is 4.99 Å². The summed E-state index contributed by atoms with van der Waals surface area (Å²) in [5.74, 6) is 1.84. The van der Waals surface area contributed by atoms with E-state index >= 15 is 0 Å². The van der Waals surface area contributed by atoms with Crippen molar-refractivity contribution in [3.8, 4) is 17.7 Å². The largest absolute Gasteiger partial charge is 0.457 e. The summed E-state index contributed by atoms with van der Waals surface area (Å²) >= 11 is 0. The molecule has 8 nitrogen and oxygen atoms in total. The number of benzene rings is 3. The van der Waals surface area contributed by atoms with E-state index in [0.717, 1.165) is 36.6 Å². The van der Waals surface area contributed by atoms with Gasteiger partial charge < -0.3 is 20.3 Å². The number of hydrogen-bond donors (Lipinski definition) is 3. The Bertz CT molecular complexity index is 1260. The van der Waals surface area contributed by atoms with Gasteiger partial charge in [-0.05, 0) is 87.7 Å². The van der Waals surface area contributed by atoms with Gasteiger partial charge in [-0.2, -0.15) is 5.26 Å². The molecule has 1 aliphatic rings. The summed E-state index contributed by atoms with van der Waals surface area (Å²) in [5.41, 5.74) is 3.06. The second-order valence-electron chi connectivity index (χ2n) is 10.1. The molecule has 3 aromatic carbocycles. The molecule has 1 heterocycles. The molecule has 0 aliphatic carbocycles. The Morgan fingerprint density at radius 3 is 2.35 bits per heavy atom. The molecule has 1 aliphatic heterocycles. The number of carbonyl (C=O) groups excluding carboxylic acids is 1. The number of rotatable bonds is 12. The fourth-order valence-corrected chi connectivity index (χ4v) is 4.66. The lowest BCUT2D eigenvalue weighted by atomic mass is 10.0. The van der Waals surface area contributed by atoms with Gasteiger partial charge in [-0.25, -0.2) is 4.99 Å². The van der Waals surface area contributed by atoms with Crippen LogP contribution < -0.4 is 20.7 Å². The highest BCUT2D eigenvalue weighted by Crippen LogP contribution is 2.23. The van der Waals surface area contributed by atoms with Crippen LogP contribution in [-0.2, 0) is 11.2 Å². The minimum atomic E-state index is -0.195. The first-order chi connectivity index (χ1) is 19.6. The molecule has 0 spiro atoms. The predicted molar refractivity (Wildman–Crippen MR) is 159 cm³/mol. The number of guanidine groups is 1. The van der Waals surface area contributed by atoms with Gasteiger partial charge in [0, 0.05) is 25.2 Å². The summed E-state index contributed by atoms with van der Waals surface area (Å²) in [5, 5.41) is 18.3. The molecule has 40 heavy (non-hydrogen) atoms. The molecule has 0 bridgehead atoms. The fourth-order valence-electron chi connectivity index (χ4n) is 4.66. The van der Waals surface area contributed by atoms with Crippen molar-refractivity contribution in [3.05, 3.63) is 90.0 Å². The first-order valence-corrected chi connectivity index (χ1v) is 13.9. The Kier molecular flexibility index (Phi) is 11.0. The first kappa shape index (κ1) is 28.7. The van der Waals surface area contributed by atoms with Crippen LogP contribution in [0.5, 0.6) is 11.5 Å². The minimum Gasteiger partial charge on any atom is -0.457 e. The summed E-state index contributed by atoms with van der Waals surface area (Å²) in [6.07, 6.45) is 6.04. The molecule has 1 saturated heterocycles. The van der Waals surface area contributed by atoms with Crippen molar-refractivity contribution in [2.45, 2.75) is 45.1 Å². The average Bonchev–Trinajstić information content (AvgIpc) is 3.48. The van der Waals surface area contributed by atoms with Crippen LogP contribution in [0.15, 0.2) is 83.9 Å². The second-order valence-corrected chi connectivity index (χ2v) is 10.1. The molecule has 0 radical (unpaired) electrons. The lowest BCUT2D eigenvalue weighted by Crippen LogP contribution is -2.34.